The number of benzene rings is 2. The highest BCUT2D eigenvalue weighted by molar-refractivity contribution is 7.13. The van der Waals surface area contributed by atoms with Crippen LogP contribution in [0.4, 0.5) is 10.1 Å². The van der Waals surface area contributed by atoms with Crippen molar-refractivity contribution >= 4 is 22.9 Å². The van der Waals surface area contributed by atoms with Gasteiger partial charge in [0.1, 0.15) is 10.8 Å². The van der Waals surface area contributed by atoms with E-state index in [1.165, 1.54) is 23.0 Å². The van der Waals surface area contributed by atoms with Crippen molar-refractivity contribution in [2.75, 3.05) is 11.4 Å². The fourth-order valence-electron chi connectivity index (χ4n) is 2.99. The predicted molar refractivity (Wildman–Crippen MR) is 93.7 cm³/mol. The van der Waals surface area contributed by atoms with Gasteiger partial charge in [0.2, 0.25) is 5.91 Å². The van der Waals surface area contributed by atoms with Gasteiger partial charge in [-0.1, -0.05) is 30.3 Å². The van der Waals surface area contributed by atoms with Gasteiger partial charge in [0.25, 0.3) is 0 Å². The van der Waals surface area contributed by atoms with Crippen LogP contribution in [0.5, 0.6) is 0 Å². The summed E-state index contributed by atoms with van der Waals surface area (Å²) in [5.74, 6) is -0.261. The fraction of sp³-hybridized carbons (Fsp3) is 0.158. The molecule has 1 aliphatic rings. The van der Waals surface area contributed by atoms with Crippen LogP contribution in [-0.2, 0) is 17.6 Å². The van der Waals surface area contributed by atoms with Gasteiger partial charge < -0.3 is 4.90 Å². The number of hydrogen-bond acceptors (Lipinski definition) is 3. The maximum Gasteiger partial charge on any atom is 0.233 e. The Bertz CT molecular complexity index is 906. The Morgan fingerprint density at radius 1 is 1.17 bits per heavy atom. The Balaban J connectivity index is 1.53. The molecule has 0 N–H and O–H groups in total. The highest BCUT2D eigenvalue weighted by atomic mass is 32.1. The number of rotatable bonds is 3. The first kappa shape index (κ1) is 15.0. The Morgan fingerprint density at radius 2 is 1.96 bits per heavy atom. The summed E-state index contributed by atoms with van der Waals surface area (Å²) >= 11 is 1.37. The van der Waals surface area contributed by atoms with E-state index in [9.17, 15) is 9.18 Å². The largest absolute Gasteiger partial charge is 0.311 e. The lowest BCUT2D eigenvalue weighted by molar-refractivity contribution is -0.117. The van der Waals surface area contributed by atoms with Crippen molar-refractivity contribution in [3.63, 3.8) is 0 Å². The van der Waals surface area contributed by atoms with E-state index < -0.39 is 0 Å². The molecule has 1 aromatic heterocycles. The number of anilines is 1. The van der Waals surface area contributed by atoms with Crippen LogP contribution in [0, 0.1) is 5.82 Å². The molecule has 0 fully saturated rings. The molecule has 24 heavy (non-hydrogen) atoms. The molecule has 1 amide bonds. The third kappa shape index (κ3) is 2.71. The molecule has 0 bridgehead atoms. The average Bonchev–Trinajstić information content (AvgIpc) is 3.22. The molecule has 5 heteroatoms. The summed E-state index contributed by atoms with van der Waals surface area (Å²) in [6, 6.07) is 14.5. The summed E-state index contributed by atoms with van der Waals surface area (Å²) in [7, 11) is 0. The summed E-state index contributed by atoms with van der Waals surface area (Å²) in [5, 5.41) is 2.44. The van der Waals surface area contributed by atoms with Crippen LogP contribution in [0.1, 0.15) is 11.3 Å². The van der Waals surface area contributed by atoms with Crippen LogP contribution in [0.3, 0.4) is 0 Å². The molecule has 3 aromatic rings. The van der Waals surface area contributed by atoms with Gasteiger partial charge in [-0.3, -0.25) is 4.79 Å². The molecule has 0 spiro atoms. The standard InChI is InChI=1S/C19H15FN2OS/c20-16-7-3-2-6-15(16)19-21-14(12-24-19)11-18(23)22-10-9-13-5-1-4-8-17(13)22/h1-8,12H,9-11H2. The number of fused-ring (bicyclic) bond motifs is 1. The maximum atomic E-state index is 13.8. The van der Waals surface area contributed by atoms with Crippen molar-refractivity contribution in [3.8, 4) is 10.6 Å². The summed E-state index contributed by atoms with van der Waals surface area (Å²) in [6.45, 7) is 0.711. The van der Waals surface area contributed by atoms with E-state index >= 15 is 0 Å². The first-order chi connectivity index (χ1) is 11.7. The van der Waals surface area contributed by atoms with Crippen molar-refractivity contribution in [2.45, 2.75) is 12.8 Å². The van der Waals surface area contributed by atoms with E-state index in [0.29, 0.717) is 22.8 Å². The van der Waals surface area contributed by atoms with E-state index in [1.54, 1.807) is 18.2 Å². The van der Waals surface area contributed by atoms with E-state index in [1.807, 2.05) is 28.5 Å². The number of hydrogen-bond donors (Lipinski definition) is 0. The molecule has 0 aliphatic carbocycles. The van der Waals surface area contributed by atoms with Gasteiger partial charge in [-0.2, -0.15) is 0 Å². The number of para-hydroxylation sites is 1. The van der Waals surface area contributed by atoms with Gasteiger partial charge in [-0.05, 0) is 30.2 Å². The minimum absolute atomic E-state index is 0.0327. The SMILES string of the molecule is O=C(Cc1csc(-c2ccccc2F)n1)N1CCc2ccccc21. The number of thiazole rings is 1. The van der Waals surface area contributed by atoms with Gasteiger partial charge in [-0.15, -0.1) is 11.3 Å². The van der Waals surface area contributed by atoms with Gasteiger partial charge in [0, 0.05) is 23.2 Å². The normalized spacial score (nSPS) is 13.1. The second-order valence-corrected chi connectivity index (χ2v) is 6.58. The molecule has 3 nitrogen and oxygen atoms in total. The number of carbonyl (C=O) groups is 1. The summed E-state index contributed by atoms with van der Waals surface area (Å²) < 4.78 is 13.8. The van der Waals surface area contributed by atoms with Crippen LogP contribution in [-0.4, -0.2) is 17.4 Å². The predicted octanol–water partition coefficient (Wildman–Crippen LogP) is 4.08. The zero-order valence-corrected chi connectivity index (χ0v) is 13.7. The monoisotopic (exact) mass is 338 g/mol. The molecule has 0 radical (unpaired) electrons. The third-order valence-corrected chi connectivity index (χ3v) is 5.10. The Morgan fingerprint density at radius 3 is 2.83 bits per heavy atom. The lowest BCUT2D eigenvalue weighted by Gasteiger charge is -2.16. The average molecular weight is 338 g/mol. The first-order valence-corrected chi connectivity index (χ1v) is 8.68. The van der Waals surface area contributed by atoms with Crippen molar-refractivity contribution < 1.29 is 9.18 Å². The summed E-state index contributed by atoms with van der Waals surface area (Å²) in [5.41, 5.74) is 3.36. The molecule has 0 unspecified atom stereocenters. The second kappa shape index (κ2) is 6.17. The Hall–Kier alpha value is -2.53. The quantitative estimate of drug-likeness (QED) is 0.721. The van der Waals surface area contributed by atoms with E-state index in [2.05, 4.69) is 11.1 Å². The molecule has 1 aliphatic heterocycles. The zero-order valence-electron chi connectivity index (χ0n) is 12.9. The van der Waals surface area contributed by atoms with Crippen molar-refractivity contribution in [3.05, 3.63) is 71.0 Å². The number of carbonyl (C=O) groups excluding carboxylic acids is 1. The van der Waals surface area contributed by atoms with Crippen molar-refractivity contribution in [1.29, 1.82) is 0 Å². The van der Waals surface area contributed by atoms with Crippen LogP contribution in [0.2, 0.25) is 0 Å². The minimum atomic E-state index is -0.293. The Labute approximate surface area is 143 Å². The van der Waals surface area contributed by atoms with E-state index in [-0.39, 0.29) is 18.1 Å². The molecule has 2 aromatic carbocycles. The molecule has 2 heterocycles. The lowest BCUT2D eigenvalue weighted by atomic mass is 10.2. The highest BCUT2D eigenvalue weighted by Gasteiger charge is 2.24. The Kier molecular flexibility index (Phi) is 3.86. The fourth-order valence-corrected chi connectivity index (χ4v) is 3.84. The van der Waals surface area contributed by atoms with Crippen LogP contribution in [0.15, 0.2) is 53.9 Å². The third-order valence-electron chi connectivity index (χ3n) is 4.18. The first-order valence-electron chi connectivity index (χ1n) is 7.80. The number of halogens is 1. The van der Waals surface area contributed by atoms with Crippen LogP contribution >= 0.6 is 11.3 Å². The van der Waals surface area contributed by atoms with E-state index in [4.69, 9.17) is 0 Å². The molecule has 0 saturated heterocycles. The highest BCUT2D eigenvalue weighted by Crippen LogP contribution is 2.29. The molecular weight excluding hydrogens is 323 g/mol. The lowest BCUT2D eigenvalue weighted by Crippen LogP contribution is -2.30. The number of amides is 1. The molecular formula is C19H15FN2OS. The van der Waals surface area contributed by atoms with Crippen LogP contribution in [0.25, 0.3) is 10.6 Å². The van der Waals surface area contributed by atoms with E-state index in [0.717, 1.165) is 12.1 Å². The van der Waals surface area contributed by atoms with Crippen LogP contribution < -0.4 is 4.90 Å². The summed E-state index contributed by atoms with van der Waals surface area (Å²) in [6.07, 6.45) is 1.12. The van der Waals surface area contributed by atoms with Gasteiger partial charge in [-0.25, -0.2) is 9.37 Å². The smallest absolute Gasteiger partial charge is 0.233 e. The number of aromatic nitrogens is 1. The number of nitrogens with zero attached hydrogens (tertiary/aromatic N) is 2. The topological polar surface area (TPSA) is 33.2 Å². The zero-order chi connectivity index (χ0) is 16.5. The summed E-state index contributed by atoms with van der Waals surface area (Å²) in [4.78, 5) is 18.9. The van der Waals surface area contributed by atoms with Gasteiger partial charge in [0.05, 0.1) is 12.1 Å². The van der Waals surface area contributed by atoms with Crippen molar-refractivity contribution in [1.82, 2.24) is 4.98 Å². The molecule has 0 atom stereocenters. The van der Waals surface area contributed by atoms with Gasteiger partial charge >= 0.3 is 0 Å². The maximum absolute atomic E-state index is 13.8. The van der Waals surface area contributed by atoms with Crippen molar-refractivity contribution in [2.24, 2.45) is 0 Å². The molecule has 0 saturated carbocycles. The second-order valence-electron chi connectivity index (χ2n) is 5.72. The molecule has 4 rings (SSSR count). The van der Waals surface area contributed by atoms with Gasteiger partial charge in [0.15, 0.2) is 0 Å². The molecule has 120 valence electrons. The minimum Gasteiger partial charge on any atom is -0.311 e.